The van der Waals surface area contributed by atoms with E-state index in [1.165, 1.54) is 19.3 Å². The van der Waals surface area contributed by atoms with Crippen LogP contribution >= 0.6 is 0 Å². The maximum atomic E-state index is 12.4. The number of fused-ring (bicyclic) bond motifs is 1. The van der Waals surface area contributed by atoms with Crippen molar-refractivity contribution in [3.8, 4) is 0 Å². The molecule has 4 heteroatoms. The van der Waals surface area contributed by atoms with Crippen molar-refractivity contribution in [2.45, 2.75) is 51.5 Å². The fraction of sp³-hybridized carbons (Fsp3) is 0.556. The molecule has 1 aliphatic carbocycles. The van der Waals surface area contributed by atoms with E-state index in [9.17, 15) is 9.59 Å². The molecular formula is C18H24N2O2. The fourth-order valence-corrected chi connectivity index (χ4v) is 3.60. The van der Waals surface area contributed by atoms with Gasteiger partial charge in [0.1, 0.15) is 6.54 Å². The monoisotopic (exact) mass is 300 g/mol. The molecule has 0 aromatic heterocycles. The van der Waals surface area contributed by atoms with Crippen LogP contribution in [0.3, 0.4) is 0 Å². The van der Waals surface area contributed by atoms with Gasteiger partial charge in [-0.1, -0.05) is 38.0 Å². The van der Waals surface area contributed by atoms with E-state index in [-0.39, 0.29) is 24.4 Å². The Morgan fingerprint density at radius 3 is 2.82 bits per heavy atom. The number of hydrogen-bond donors (Lipinski definition) is 1. The van der Waals surface area contributed by atoms with Gasteiger partial charge in [-0.05, 0) is 36.8 Å². The van der Waals surface area contributed by atoms with Gasteiger partial charge >= 0.3 is 0 Å². The molecule has 1 aromatic carbocycles. The van der Waals surface area contributed by atoms with Crippen molar-refractivity contribution >= 4 is 17.5 Å². The van der Waals surface area contributed by atoms with E-state index < -0.39 is 0 Å². The highest BCUT2D eigenvalue weighted by molar-refractivity contribution is 6.01. The number of aryl methyl sites for hydroxylation is 1. The normalized spacial score (nSPS) is 24.8. The van der Waals surface area contributed by atoms with E-state index in [4.69, 9.17) is 0 Å². The Morgan fingerprint density at radius 2 is 2.00 bits per heavy atom. The minimum atomic E-state index is -0.0381. The summed E-state index contributed by atoms with van der Waals surface area (Å²) in [5.74, 6) is 0.538. The summed E-state index contributed by atoms with van der Waals surface area (Å²) in [7, 11) is 0. The van der Waals surface area contributed by atoms with E-state index in [0.717, 1.165) is 24.1 Å². The molecule has 0 unspecified atom stereocenters. The first-order chi connectivity index (χ1) is 10.6. The summed E-state index contributed by atoms with van der Waals surface area (Å²) in [6.07, 6.45) is 5.93. The molecule has 0 radical (unpaired) electrons. The van der Waals surface area contributed by atoms with Crippen molar-refractivity contribution in [1.82, 2.24) is 5.32 Å². The van der Waals surface area contributed by atoms with Crippen molar-refractivity contribution in [3.05, 3.63) is 29.8 Å². The lowest BCUT2D eigenvalue weighted by atomic mass is 9.86. The fourth-order valence-electron chi connectivity index (χ4n) is 3.60. The topological polar surface area (TPSA) is 49.4 Å². The van der Waals surface area contributed by atoms with Crippen LogP contribution in [0, 0.1) is 5.92 Å². The highest BCUT2D eigenvalue weighted by Crippen LogP contribution is 2.27. The number of anilines is 1. The number of amides is 2. The van der Waals surface area contributed by atoms with E-state index in [2.05, 4.69) is 12.2 Å². The van der Waals surface area contributed by atoms with Gasteiger partial charge in [-0.3, -0.25) is 9.59 Å². The van der Waals surface area contributed by atoms with Gasteiger partial charge < -0.3 is 10.2 Å². The highest BCUT2D eigenvalue weighted by Gasteiger charge is 2.28. The summed E-state index contributed by atoms with van der Waals surface area (Å²) < 4.78 is 0. The largest absolute Gasteiger partial charge is 0.352 e. The molecule has 0 bridgehead atoms. The van der Waals surface area contributed by atoms with Crippen LogP contribution in [0.5, 0.6) is 0 Å². The first-order valence-corrected chi connectivity index (χ1v) is 8.33. The Kier molecular flexibility index (Phi) is 4.46. The maximum absolute atomic E-state index is 12.4. The minimum absolute atomic E-state index is 0.0381. The average molecular weight is 300 g/mol. The molecule has 2 amide bonds. The van der Waals surface area contributed by atoms with Crippen molar-refractivity contribution in [2.75, 3.05) is 11.4 Å². The molecule has 0 saturated heterocycles. The second kappa shape index (κ2) is 6.51. The molecule has 22 heavy (non-hydrogen) atoms. The number of hydrogen-bond acceptors (Lipinski definition) is 2. The van der Waals surface area contributed by atoms with Gasteiger partial charge in [-0.15, -0.1) is 0 Å². The Bertz CT molecular complexity index is 570. The number of rotatable bonds is 3. The Morgan fingerprint density at radius 1 is 1.23 bits per heavy atom. The van der Waals surface area contributed by atoms with Gasteiger partial charge in [-0.2, -0.15) is 0 Å². The van der Waals surface area contributed by atoms with Crippen LogP contribution in [0.25, 0.3) is 0 Å². The molecule has 1 saturated carbocycles. The highest BCUT2D eigenvalue weighted by atomic mass is 16.2. The second-order valence-corrected chi connectivity index (χ2v) is 6.54. The number of benzene rings is 1. The third kappa shape index (κ3) is 3.16. The number of para-hydroxylation sites is 1. The van der Waals surface area contributed by atoms with Gasteiger partial charge in [0.25, 0.3) is 0 Å². The summed E-state index contributed by atoms with van der Waals surface area (Å²) in [6.45, 7) is 2.34. The van der Waals surface area contributed by atoms with Crippen LogP contribution < -0.4 is 10.2 Å². The standard InChI is InChI=1S/C18H24N2O2/c1-13-6-2-4-8-15(13)19-17(21)12-20-16-9-5-3-7-14(16)10-11-18(20)22/h3,5,7,9,13,15H,2,4,6,8,10-12H2,1H3,(H,19,21)/t13-,15-/m1/s1. The molecule has 4 nitrogen and oxygen atoms in total. The summed E-state index contributed by atoms with van der Waals surface area (Å²) in [5.41, 5.74) is 2.05. The zero-order chi connectivity index (χ0) is 15.5. The van der Waals surface area contributed by atoms with Gasteiger partial charge in [0.15, 0.2) is 0 Å². The van der Waals surface area contributed by atoms with Crippen LogP contribution in [-0.2, 0) is 16.0 Å². The lowest BCUT2D eigenvalue weighted by molar-refractivity contribution is -0.124. The number of nitrogens with zero attached hydrogens (tertiary/aromatic N) is 1. The molecular weight excluding hydrogens is 276 g/mol. The smallest absolute Gasteiger partial charge is 0.240 e. The molecule has 3 rings (SSSR count). The van der Waals surface area contributed by atoms with Crippen LogP contribution in [0.1, 0.15) is 44.6 Å². The first-order valence-electron chi connectivity index (χ1n) is 8.33. The van der Waals surface area contributed by atoms with Crippen molar-refractivity contribution in [3.63, 3.8) is 0 Å². The summed E-state index contributed by atoms with van der Waals surface area (Å²) in [4.78, 5) is 26.2. The zero-order valence-electron chi connectivity index (χ0n) is 13.2. The SMILES string of the molecule is C[C@@H]1CCCC[C@H]1NC(=O)CN1C(=O)CCc2ccccc21. The van der Waals surface area contributed by atoms with Crippen LogP contribution in [0.2, 0.25) is 0 Å². The molecule has 1 fully saturated rings. The van der Waals surface area contributed by atoms with E-state index in [0.29, 0.717) is 12.3 Å². The van der Waals surface area contributed by atoms with E-state index in [1.807, 2.05) is 24.3 Å². The van der Waals surface area contributed by atoms with Crippen LogP contribution in [-0.4, -0.2) is 24.4 Å². The van der Waals surface area contributed by atoms with Gasteiger partial charge in [0.2, 0.25) is 11.8 Å². The third-order valence-corrected chi connectivity index (χ3v) is 4.95. The summed E-state index contributed by atoms with van der Waals surface area (Å²) in [6, 6.07) is 8.14. The van der Waals surface area contributed by atoms with E-state index in [1.54, 1.807) is 4.90 Å². The van der Waals surface area contributed by atoms with Gasteiger partial charge in [0.05, 0.1) is 0 Å². The summed E-state index contributed by atoms with van der Waals surface area (Å²) >= 11 is 0. The third-order valence-electron chi connectivity index (χ3n) is 4.95. The predicted molar refractivity (Wildman–Crippen MR) is 86.7 cm³/mol. The number of nitrogens with one attached hydrogen (secondary N) is 1. The van der Waals surface area contributed by atoms with Crippen molar-refractivity contribution < 1.29 is 9.59 Å². The summed E-state index contributed by atoms with van der Waals surface area (Å²) in [5, 5.41) is 3.13. The molecule has 1 aromatic rings. The Balaban J connectivity index is 1.67. The number of carbonyl (C=O) groups excluding carboxylic acids is 2. The molecule has 2 aliphatic rings. The Hall–Kier alpha value is -1.84. The second-order valence-electron chi connectivity index (χ2n) is 6.54. The maximum Gasteiger partial charge on any atom is 0.240 e. The van der Waals surface area contributed by atoms with Gasteiger partial charge in [0, 0.05) is 18.2 Å². The quantitative estimate of drug-likeness (QED) is 0.933. The Labute approximate surface area is 131 Å². The molecule has 1 aliphatic heterocycles. The molecule has 2 atom stereocenters. The zero-order valence-corrected chi connectivity index (χ0v) is 13.2. The lowest BCUT2D eigenvalue weighted by Crippen LogP contribution is -2.48. The first kappa shape index (κ1) is 15.1. The van der Waals surface area contributed by atoms with Crippen LogP contribution in [0.4, 0.5) is 5.69 Å². The van der Waals surface area contributed by atoms with E-state index >= 15 is 0 Å². The average Bonchev–Trinajstić information content (AvgIpc) is 2.52. The lowest BCUT2D eigenvalue weighted by Gasteiger charge is -2.32. The molecule has 0 spiro atoms. The number of carbonyl (C=O) groups is 2. The predicted octanol–water partition coefficient (Wildman–Crippen LogP) is 2.66. The van der Waals surface area contributed by atoms with Crippen molar-refractivity contribution in [2.24, 2.45) is 5.92 Å². The minimum Gasteiger partial charge on any atom is -0.352 e. The van der Waals surface area contributed by atoms with Crippen molar-refractivity contribution in [1.29, 1.82) is 0 Å². The molecule has 1 N–H and O–H groups in total. The van der Waals surface area contributed by atoms with Crippen LogP contribution in [0.15, 0.2) is 24.3 Å². The molecule has 118 valence electrons. The van der Waals surface area contributed by atoms with Gasteiger partial charge in [-0.25, -0.2) is 0 Å². The molecule has 1 heterocycles.